The Kier molecular flexibility index (Phi) is 10.1. The van der Waals surface area contributed by atoms with E-state index in [0.717, 1.165) is 11.1 Å². The standard InChI is InChI=1S/C21H24N4O4/c26-20(28-15-18-7-3-1-4-8-18)24-13-11-22-17-23-12-14-25-21(27)29-16-19-9-5-2-6-10-19/h1-10H,11-16H2,(H,24,26)(H,25,27). The Hall–Kier alpha value is -3.64. The summed E-state index contributed by atoms with van der Waals surface area (Å²) >= 11 is 0. The van der Waals surface area contributed by atoms with E-state index < -0.39 is 12.2 Å². The molecule has 8 heteroatoms. The monoisotopic (exact) mass is 396 g/mol. The lowest BCUT2D eigenvalue weighted by molar-refractivity contribution is 0.139. The maximum absolute atomic E-state index is 11.5. The van der Waals surface area contributed by atoms with Crippen LogP contribution in [0, 0.1) is 0 Å². The van der Waals surface area contributed by atoms with Crippen molar-refractivity contribution in [3.8, 4) is 0 Å². The molecule has 0 unspecified atom stereocenters. The molecule has 2 rings (SSSR count). The van der Waals surface area contributed by atoms with Gasteiger partial charge in [0.1, 0.15) is 13.2 Å². The zero-order valence-corrected chi connectivity index (χ0v) is 16.0. The van der Waals surface area contributed by atoms with Gasteiger partial charge in [0.15, 0.2) is 0 Å². The van der Waals surface area contributed by atoms with Crippen molar-refractivity contribution in [1.82, 2.24) is 10.6 Å². The maximum atomic E-state index is 11.5. The van der Waals surface area contributed by atoms with Gasteiger partial charge >= 0.3 is 12.2 Å². The molecule has 0 saturated carbocycles. The number of amides is 2. The first kappa shape index (κ1) is 21.7. The van der Waals surface area contributed by atoms with Crippen molar-refractivity contribution in [2.75, 3.05) is 26.2 Å². The summed E-state index contributed by atoms with van der Waals surface area (Å²) < 4.78 is 10.1. The van der Waals surface area contributed by atoms with E-state index in [1.807, 2.05) is 60.7 Å². The van der Waals surface area contributed by atoms with E-state index in [1.165, 1.54) is 0 Å². The first-order valence-corrected chi connectivity index (χ1v) is 9.21. The predicted molar refractivity (Wildman–Crippen MR) is 109 cm³/mol. The van der Waals surface area contributed by atoms with Crippen molar-refractivity contribution in [1.29, 1.82) is 0 Å². The van der Waals surface area contributed by atoms with Crippen LogP contribution in [-0.4, -0.2) is 44.4 Å². The van der Waals surface area contributed by atoms with Gasteiger partial charge in [-0.1, -0.05) is 60.7 Å². The van der Waals surface area contributed by atoms with E-state index in [1.54, 1.807) is 0 Å². The Labute approximate surface area is 169 Å². The van der Waals surface area contributed by atoms with Crippen molar-refractivity contribution in [3.05, 3.63) is 71.8 Å². The Morgan fingerprint density at radius 1 is 0.724 bits per heavy atom. The summed E-state index contributed by atoms with van der Waals surface area (Å²) in [6, 6.07) is 21.4. The van der Waals surface area contributed by atoms with Crippen LogP contribution < -0.4 is 10.6 Å². The average molecular weight is 396 g/mol. The molecule has 0 radical (unpaired) electrons. The normalized spacial score (nSPS) is 9.66. The van der Waals surface area contributed by atoms with Crippen LogP contribution in [0.15, 0.2) is 70.6 Å². The molecule has 8 nitrogen and oxygen atoms in total. The third kappa shape index (κ3) is 10.3. The summed E-state index contributed by atoms with van der Waals surface area (Å²) in [4.78, 5) is 30.9. The number of alkyl carbamates (subject to hydrolysis) is 2. The van der Waals surface area contributed by atoms with E-state index in [0.29, 0.717) is 26.2 Å². The Morgan fingerprint density at radius 3 is 1.55 bits per heavy atom. The Morgan fingerprint density at radius 2 is 1.14 bits per heavy atom. The van der Waals surface area contributed by atoms with Crippen LogP contribution in [0.3, 0.4) is 0 Å². The van der Waals surface area contributed by atoms with Crippen molar-refractivity contribution >= 4 is 18.2 Å². The molecule has 0 atom stereocenters. The first-order chi connectivity index (χ1) is 14.2. The van der Waals surface area contributed by atoms with E-state index in [2.05, 4.69) is 26.6 Å². The van der Waals surface area contributed by atoms with Gasteiger partial charge in [-0.25, -0.2) is 19.6 Å². The van der Waals surface area contributed by atoms with Crippen LogP contribution in [0.1, 0.15) is 11.1 Å². The molecule has 2 aromatic carbocycles. The Balaban J connectivity index is 1.46. The molecule has 0 bridgehead atoms. The molecule has 0 aliphatic heterocycles. The molecule has 2 N–H and O–H groups in total. The van der Waals surface area contributed by atoms with E-state index in [9.17, 15) is 9.59 Å². The van der Waals surface area contributed by atoms with Gasteiger partial charge in [0.25, 0.3) is 0 Å². The Bertz CT molecular complexity index is 740. The van der Waals surface area contributed by atoms with Crippen molar-refractivity contribution < 1.29 is 19.1 Å². The largest absolute Gasteiger partial charge is 0.445 e. The molecule has 152 valence electrons. The van der Waals surface area contributed by atoms with Gasteiger partial charge in [0.05, 0.1) is 19.1 Å². The number of hydrogen-bond acceptors (Lipinski definition) is 6. The number of hydrogen-bond donors (Lipinski definition) is 2. The molecule has 0 heterocycles. The number of carbonyl (C=O) groups is 2. The summed E-state index contributed by atoms with van der Waals surface area (Å²) in [7, 11) is 0. The SMILES string of the molecule is O=C(NCCN=C=NCCNC(=O)OCc1ccccc1)OCc1ccccc1. The molecule has 2 aromatic rings. The van der Waals surface area contributed by atoms with Crippen molar-refractivity contribution in [2.24, 2.45) is 9.98 Å². The summed E-state index contributed by atoms with van der Waals surface area (Å²) in [6.07, 6.45) is -1.00. The second-order valence-electron chi connectivity index (χ2n) is 5.84. The molecule has 29 heavy (non-hydrogen) atoms. The van der Waals surface area contributed by atoms with Crippen LogP contribution in [0.2, 0.25) is 0 Å². The number of carbonyl (C=O) groups excluding carboxylic acids is 2. The lowest BCUT2D eigenvalue weighted by Gasteiger charge is -2.05. The second-order valence-corrected chi connectivity index (χ2v) is 5.84. The minimum Gasteiger partial charge on any atom is -0.445 e. The molecule has 2 amide bonds. The molecule has 0 aliphatic carbocycles. The van der Waals surface area contributed by atoms with Gasteiger partial charge in [-0.2, -0.15) is 0 Å². The highest BCUT2D eigenvalue weighted by Crippen LogP contribution is 2.01. The van der Waals surface area contributed by atoms with Gasteiger partial charge in [0.2, 0.25) is 0 Å². The number of benzene rings is 2. The number of rotatable bonds is 10. The summed E-state index contributed by atoms with van der Waals surface area (Å²) in [5, 5.41) is 5.17. The third-order valence-electron chi connectivity index (χ3n) is 3.55. The molecule has 0 aromatic heterocycles. The predicted octanol–water partition coefficient (Wildman–Crippen LogP) is 3.01. The highest BCUT2D eigenvalue weighted by molar-refractivity contribution is 5.67. The van der Waals surface area contributed by atoms with Crippen LogP contribution >= 0.6 is 0 Å². The minimum atomic E-state index is -0.501. The van der Waals surface area contributed by atoms with Gasteiger partial charge in [-0.15, -0.1) is 0 Å². The zero-order chi connectivity index (χ0) is 20.6. The lowest BCUT2D eigenvalue weighted by Crippen LogP contribution is -2.26. The number of nitrogens with zero attached hydrogens (tertiary/aromatic N) is 2. The van der Waals surface area contributed by atoms with Crippen LogP contribution in [-0.2, 0) is 22.7 Å². The lowest BCUT2D eigenvalue weighted by atomic mass is 10.2. The quantitative estimate of drug-likeness (QED) is 0.476. The molecule has 0 aliphatic rings. The smallest absolute Gasteiger partial charge is 0.407 e. The van der Waals surface area contributed by atoms with Gasteiger partial charge in [-0.05, 0) is 11.1 Å². The van der Waals surface area contributed by atoms with Crippen LogP contribution in [0.5, 0.6) is 0 Å². The van der Waals surface area contributed by atoms with E-state index in [-0.39, 0.29) is 13.2 Å². The molecule has 0 fully saturated rings. The summed E-state index contributed by atoms with van der Waals surface area (Å²) in [5.41, 5.74) is 1.84. The topological polar surface area (TPSA) is 101 Å². The zero-order valence-electron chi connectivity index (χ0n) is 16.0. The summed E-state index contributed by atoms with van der Waals surface area (Å²) in [6.45, 7) is 1.74. The third-order valence-corrected chi connectivity index (χ3v) is 3.55. The number of nitrogens with one attached hydrogen (secondary N) is 2. The van der Waals surface area contributed by atoms with Crippen LogP contribution in [0.4, 0.5) is 9.59 Å². The first-order valence-electron chi connectivity index (χ1n) is 9.21. The highest BCUT2D eigenvalue weighted by atomic mass is 16.6. The molecular weight excluding hydrogens is 372 g/mol. The van der Waals surface area contributed by atoms with Gasteiger partial charge in [-0.3, -0.25) is 0 Å². The minimum absolute atomic E-state index is 0.220. The maximum Gasteiger partial charge on any atom is 0.407 e. The fourth-order valence-electron chi connectivity index (χ4n) is 2.13. The van der Waals surface area contributed by atoms with Crippen LogP contribution in [0.25, 0.3) is 0 Å². The molecule has 0 saturated heterocycles. The fraction of sp³-hybridized carbons (Fsp3) is 0.286. The van der Waals surface area contributed by atoms with Crippen molar-refractivity contribution in [2.45, 2.75) is 13.2 Å². The molecule has 0 spiro atoms. The highest BCUT2D eigenvalue weighted by Gasteiger charge is 2.01. The fourth-order valence-corrected chi connectivity index (χ4v) is 2.13. The van der Waals surface area contributed by atoms with Gasteiger partial charge < -0.3 is 20.1 Å². The van der Waals surface area contributed by atoms with Gasteiger partial charge in [0, 0.05) is 13.1 Å². The van der Waals surface area contributed by atoms with E-state index in [4.69, 9.17) is 9.47 Å². The average Bonchev–Trinajstić information content (AvgIpc) is 2.76. The number of aliphatic imine (C=N–C) groups is 2. The number of ether oxygens (including phenoxy) is 2. The second kappa shape index (κ2) is 13.5. The van der Waals surface area contributed by atoms with Crippen molar-refractivity contribution in [3.63, 3.8) is 0 Å². The summed E-state index contributed by atoms with van der Waals surface area (Å²) in [5.74, 6) is 0. The van der Waals surface area contributed by atoms with E-state index >= 15 is 0 Å². The molecular formula is C21H24N4O4.